The largest absolute Gasteiger partial charge is 0.497 e. The molecule has 1 aromatic heterocycles. The summed E-state index contributed by atoms with van der Waals surface area (Å²) in [5, 5.41) is 8.49. The second kappa shape index (κ2) is 5.37. The number of hydrogen-bond donors (Lipinski definition) is 0. The van der Waals surface area contributed by atoms with Crippen LogP contribution in [0.4, 0.5) is 0 Å². The molecule has 2 aliphatic rings. The van der Waals surface area contributed by atoms with Crippen molar-refractivity contribution in [1.29, 1.82) is 0 Å². The molecule has 0 bridgehead atoms. The molecule has 6 nitrogen and oxygen atoms in total. The van der Waals surface area contributed by atoms with Crippen LogP contribution in [0.15, 0.2) is 24.3 Å². The number of aromatic nitrogens is 3. The molecule has 0 spiro atoms. The van der Waals surface area contributed by atoms with Gasteiger partial charge in [-0.25, -0.2) is 4.68 Å². The summed E-state index contributed by atoms with van der Waals surface area (Å²) in [6, 6.07) is 8.53. The second-order valence-corrected chi connectivity index (χ2v) is 6.03. The van der Waals surface area contributed by atoms with Crippen LogP contribution in [0, 0.1) is 6.92 Å². The van der Waals surface area contributed by atoms with Crippen LogP contribution in [-0.4, -0.2) is 46.2 Å². The molecule has 2 atom stereocenters. The van der Waals surface area contributed by atoms with Gasteiger partial charge < -0.3 is 9.47 Å². The van der Waals surface area contributed by atoms with Gasteiger partial charge >= 0.3 is 0 Å². The lowest BCUT2D eigenvalue weighted by atomic mass is 10.1. The van der Waals surface area contributed by atoms with E-state index in [1.165, 1.54) is 5.56 Å². The average Bonchev–Trinajstić information content (AvgIpc) is 3.11. The highest BCUT2D eigenvalue weighted by Gasteiger charge is 2.39. The topological polar surface area (TPSA) is 52.4 Å². The third kappa shape index (κ3) is 2.28. The number of hydrogen-bond acceptors (Lipinski definition) is 5. The van der Waals surface area contributed by atoms with Crippen molar-refractivity contribution in [2.75, 3.05) is 20.2 Å². The Kier molecular flexibility index (Phi) is 3.35. The highest BCUT2D eigenvalue weighted by molar-refractivity contribution is 5.27. The molecule has 1 unspecified atom stereocenters. The number of ether oxygens (including phenoxy) is 2. The van der Waals surface area contributed by atoms with E-state index in [9.17, 15) is 0 Å². The average molecular weight is 300 g/mol. The van der Waals surface area contributed by atoms with Crippen LogP contribution in [0.2, 0.25) is 0 Å². The number of benzene rings is 1. The van der Waals surface area contributed by atoms with E-state index in [0.717, 1.165) is 36.8 Å². The predicted molar refractivity (Wildman–Crippen MR) is 80.6 cm³/mol. The van der Waals surface area contributed by atoms with E-state index < -0.39 is 0 Å². The van der Waals surface area contributed by atoms with Crippen molar-refractivity contribution in [3.63, 3.8) is 0 Å². The molecule has 2 aromatic rings. The minimum Gasteiger partial charge on any atom is -0.497 e. The van der Waals surface area contributed by atoms with Crippen molar-refractivity contribution in [2.45, 2.75) is 32.2 Å². The van der Waals surface area contributed by atoms with E-state index in [2.05, 4.69) is 32.0 Å². The summed E-state index contributed by atoms with van der Waals surface area (Å²) in [6.07, 6.45) is 0.215. The monoisotopic (exact) mass is 300 g/mol. The number of aryl methyl sites for hydroxylation is 1. The van der Waals surface area contributed by atoms with Gasteiger partial charge in [0.15, 0.2) is 0 Å². The van der Waals surface area contributed by atoms with Crippen LogP contribution < -0.4 is 4.74 Å². The first kappa shape index (κ1) is 13.7. The number of fused-ring (bicyclic) bond motifs is 3. The summed E-state index contributed by atoms with van der Waals surface area (Å²) in [6.45, 7) is 5.42. The van der Waals surface area contributed by atoms with Gasteiger partial charge in [-0.05, 0) is 24.6 Å². The molecule has 0 aliphatic carbocycles. The van der Waals surface area contributed by atoms with E-state index in [-0.39, 0.29) is 12.1 Å². The van der Waals surface area contributed by atoms with Crippen LogP contribution in [0.3, 0.4) is 0 Å². The van der Waals surface area contributed by atoms with Crippen molar-refractivity contribution in [1.82, 2.24) is 19.9 Å². The maximum atomic E-state index is 6.01. The summed E-state index contributed by atoms with van der Waals surface area (Å²) >= 11 is 0. The molecule has 0 N–H and O–H groups in total. The fraction of sp³-hybridized carbons (Fsp3) is 0.500. The highest BCUT2D eigenvalue weighted by Crippen LogP contribution is 2.32. The van der Waals surface area contributed by atoms with Crippen molar-refractivity contribution in [2.24, 2.45) is 0 Å². The third-order valence-electron chi connectivity index (χ3n) is 4.61. The van der Waals surface area contributed by atoms with Gasteiger partial charge in [0, 0.05) is 19.6 Å². The minimum atomic E-state index is 0.215. The Hall–Kier alpha value is -1.92. The summed E-state index contributed by atoms with van der Waals surface area (Å²) in [7, 11) is 1.69. The molecule has 0 saturated carbocycles. The van der Waals surface area contributed by atoms with Crippen molar-refractivity contribution in [3.8, 4) is 5.75 Å². The maximum Gasteiger partial charge on any atom is 0.118 e. The van der Waals surface area contributed by atoms with E-state index in [0.29, 0.717) is 6.61 Å². The Balaban J connectivity index is 1.48. The molecular formula is C16H20N4O2. The zero-order chi connectivity index (χ0) is 15.1. The van der Waals surface area contributed by atoms with E-state index >= 15 is 0 Å². The number of likely N-dealkylation sites (tertiary alicyclic amines) is 1. The fourth-order valence-corrected chi connectivity index (χ4v) is 3.37. The minimum absolute atomic E-state index is 0.215. The molecule has 116 valence electrons. The van der Waals surface area contributed by atoms with Gasteiger partial charge in [-0.15, -0.1) is 5.10 Å². The first-order valence-electron chi connectivity index (χ1n) is 7.62. The van der Waals surface area contributed by atoms with E-state index in [1.54, 1.807) is 7.11 Å². The second-order valence-electron chi connectivity index (χ2n) is 6.03. The Morgan fingerprint density at radius 1 is 1.27 bits per heavy atom. The molecule has 3 heterocycles. The van der Waals surface area contributed by atoms with Gasteiger partial charge in [0.25, 0.3) is 0 Å². The SMILES string of the molecule is COc1ccc(CN2CC3OCc4c(C)nnn4[C@@H]3C2)cc1. The van der Waals surface area contributed by atoms with Crippen molar-refractivity contribution in [3.05, 3.63) is 41.2 Å². The number of nitrogens with zero attached hydrogens (tertiary/aromatic N) is 4. The molecule has 6 heteroatoms. The molecule has 1 fully saturated rings. The van der Waals surface area contributed by atoms with Gasteiger partial charge in [-0.2, -0.15) is 0 Å². The van der Waals surface area contributed by atoms with Crippen LogP contribution in [-0.2, 0) is 17.9 Å². The van der Waals surface area contributed by atoms with E-state index in [1.807, 2.05) is 19.1 Å². The van der Waals surface area contributed by atoms with Crippen LogP contribution >= 0.6 is 0 Å². The van der Waals surface area contributed by atoms with Crippen molar-refractivity contribution < 1.29 is 9.47 Å². The first-order valence-corrected chi connectivity index (χ1v) is 7.62. The normalized spacial score (nSPS) is 24.1. The molecule has 1 aromatic carbocycles. The van der Waals surface area contributed by atoms with Crippen LogP contribution in [0.1, 0.15) is 23.0 Å². The summed E-state index contributed by atoms with van der Waals surface area (Å²) in [5.41, 5.74) is 3.38. The number of rotatable bonds is 3. The molecule has 1 saturated heterocycles. The third-order valence-corrected chi connectivity index (χ3v) is 4.61. The van der Waals surface area contributed by atoms with E-state index in [4.69, 9.17) is 9.47 Å². The quantitative estimate of drug-likeness (QED) is 0.861. The summed E-state index contributed by atoms with van der Waals surface area (Å²) < 4.78 is 13.3. The highest BCUT2D eigenvalue weighted by atomic mass is 16.5. The van der Waals surface area contributed by atoms with Gasteiger partial charge in [0.2, 0.25) is 0 Å². The lowest BCUT2D eigenvalue weighted by Crippen LogP contribution is -2.32. The fourth-order valence-electron chi connectivity index (χ4n) is 3.37. The zero-order valence-electron chi connectivity index (χ0n) is 12.9. The lowest BCUT2D eigenvalue weighted by Gasteiger charge is -2.26. The van der Waals surface area contributed by atoms with Gasteiger partial charge in [0.1, 0.15) is 5.75 Å². The van der Waals surface area contributed by atoms with Gasteiger partial charge in [0.05, 0.1) is 37.3 Å². The standard InChI is InChI=1S/C16H20N4O2/c1-11-15-10-22-16-9-19(8-14(16)20(15)18-17-11)7-12-3-5-13(21-2)6-4-12/h3-6,14,16H,7-10H2,1-2H3/t14-,16?/m1/s1. The first-order chi connectivity index (χ1) is 10.7. The Labute approximate surface area is 129 Å². The zero-order valence-corrected chi connectivity index (χ0v) is 12.9. The Morgan fingerprint density at radius 2 is 2.09 bits per heavy atom. The van der Waals surface area contributed by atoms with Crippen LogP contribution in [0.5, 0.6) is 5.75 Å². The van der Waals surface area contributed by atoms with Crippen molar-refractivity contribution >= 4 is 0 Å². The Bertz CT molecular complexity index is 667. The summed E-state index contributed by atoms with van der Waals surface area (Å²) in [5.74, 6) is 0.893. The molecule has 2 aliphatic heterocycles. The molecule has 4 rings (SSSR count). The Morgan fingerprint density at radius 3 is 2.86 bits per heavy atom. The molecule has 22 heavy (non-hydrogen) atoms. The predicted octanol–water partition coefficient (Wildman–Crippen LogP) is 1.55. The smallest absolute Gasteiger partial charge is 0.118 e. The van der Waals surface area contributed by atoms with Gasteiger partial charge in [-0.1, -0.05) is 17.3 Å². The molecule has 0 radical (unpaired) electrons. The lowest BCUT2D eigenvalue weighted by molar-refractivity contribution is -0.00549. The van der Waals surface area contributed by atoms with Gasteiger partial charge in [-0.3, -0.25) is 4.90 Å². The maximum absolute atomic E-state index is 6.01. The number of methoxy groups -OCH3 is 1. The molecule has 0 amide bonds. The summed E-state index contributed by atoms with van der Waals surface area (Å²) in [4.78, 5) is 2.42. The molecular weight excluding hydrogens is 280 g/mol. The van der Waals surface area contributed by atoms with Crippen LogP contribution in [0.25, 0.3) is 0 Å².